The van der Waals surface area contributed by atoms with Gasteiger partial charge in [-0.1, -0.05) is 13.8 Å². The van der Waals surface area contributed by atoms with Gasteiger partial charge in [0.2, 0.25) is 5.95 Å². The molecule has 1 aliphatic rings. The van der Waals surface area contributed by atoms with Crippen molar-refractivity contribution in [2.75, 3.05) is 5.32 Å². The molecule has 1 heterocycles. The molecule has 1 aliphatic carbocycles. The van der Waals surface area contributed by atoms with Crippen LogP contribution in [0.5, 0.6) is 0 Å². The Morgan fingerprint density at radius 2 is 1.88 bits per heavy atom. The van der Waals surface area contributed by atoms with E-state index in [1.54, 1.807) is 0 Å². The molecule has 3 heteroatoms. The Kier molecular flexibility index (Phi) is 3.22. The molecule has 2 atom stereocenters. The molecule has 90 valence electrons. The second-order valence-corrected chi connectivity index (χ2v) is 5.58. The topological polar surface area (TPSA) is 29.9 Å². The minimum absolute atomic E-state index is 0.597. The summed E-state index contributed by atoms with van der Waals surface area (Å²) in [6, 6.07) is 0.597. The van der Waals surface area contributed by atoms with Crippen molar-refractivity contribution in [3.63, 3.8) is 0 Å². The van der Waals surface area contributed by atoms with Crippen molar-refractivity contribution in [1.29, 1.82) is 0 Å². The molecule has 0 aromatic carbocycles. The van der Waals surface area contributed by atoms with Crippen LogP contribution in [0.4, 0.5) is 5.95 Å². The Morgan fingerprint density at radius 3 is 2.38 bits per heavy atom. The summed E-state index contributed by atoms with van der Waals surface area (Å²) in [7, 11) is 2.05. The number of imidazole rings is 1. The van der Waals surface area contributed by atoms with Gasteiger partial charge in [-0.15, -0.1) is 0 Å². The first-order valence-corrected chi connectivity index (χ1v) is 6.31. The van der Waals surface area contributed by atoms with E-state index in [0.29, 0.717) is 6.04 Å². The maximum absolute atomic E-state index is 4.51. The molecule has 0 saturated heterocycles. The summed E-state index contributed by atoms with van der Waals surface area (Å²) in [5, 5.41) is 3.58. The molecule has 2 rings (SSSR count). The lowest BCUT2D eigenvalue weighted by Crippen LogP contribution is -2.31. The van der Waals surface area contributed by atoms with Crippen LogP contribution in [0.25, 0.3) is 0 Å². The van der Waals surface area contributed by atoms with E-state index in [-0.39, 0.29) is 0 Å². The minimum Gasteiger partial charge on any atom is -0.353 e. The first kappa shape index (κ1) is 11.5. The Labute approximate surface area is 98.3 Å². The number of rotatable bonds is 2. The Balaban J connectivity index is 2.01. The SMILES string of the molecule is Cc1cn(C)c(NC2CC(C)CC(C)C2)n1. The number of aryl methyl sites for hydroxylation is 2. The molecule has 0 aliphatic heterocycles. The van der Waals surface area contributed by atoms with Gasteiger partial charge in [-0.05, 0) is 38.0 Å². The van der Waals surface area contributed by atoms with Crippen LogP contribution in [0.2, 0.25) is 0 Å². The van der Waals surface area contributed by atoms with Crippen LogP contribution in [0.1, 0.15) is 38.8 Å². The summed E-state index contributed by atoms with van der Waals surface area (Å²) in [6.45, 7) is 6.75. The number of nitrogens with zero attached hydrogens (tertiary/aromatic N) is 2. The van der Waals surface area contributed by atoms with Crippen molar-refractivity contribution in [3.05, 3.63) is 11.9 Å². The smallest absolute Gasteiger partial charge is 0.202 e. The van der Waals surface area contributed by atoms with Crippen LogP contribution < -0.4 is 5.32 Å². The summed E-state index contributed by atoms with van der Waals surface area (Å²) < 4.78 is 2.08. The molecule has 1 aromatic rings. The van der Waals surface area contributed by atoms with Crippen LogP contribution in [0, 0.1) is 18.8 Å². The molecule has 0 spiro atoms. The third kappa shape index (κ3) is 2.57. The van der Waals surface area contributed by atoms with E-state index in [4.69, 9.17) is 0 Å². The van der Waals surface area contributed by atoms with E-state index in [2.05, 4.69) is 42.0 Å². The predicted octanol–water partition coefficient (Wildman–Crippen LogP) is 2.97. The molecular weight excluding hydrogens is 198 g/mol. The molecule has 1 fully saturated rings. The summed E-state index contributed by atoms with van der Waals surface area (Å²) in [5.41, 5.74) is 1.09. The maximum atomic E-state index is 4.51. The highest BCUT2D eigenvalue weighted by atomic mass is 15.2. The van der Waals surface area contributed by atoms with Gasteiger partial charge in [0.05, 0.1) is 5.69 Å². The van der Waals surface area contributed by atoms with Crippen LogP contribution >= 0.6 is 0 Å². The number of nitrogens with one attached hydrogen (secondary N) is 1. The average molecular weight is 221 g/mol. The Hall–Kier alpha value is -0.990. The highest BCUT2D eigenvalue weighted by molar-refractivity contribution is 5.30. The second-order valence-electron chi connectivity index (χ2n) is 5.58. The van der Waals surface area contributed by atoms with Gasteiger partial charge < -0.3 is 9.88 Å². The summed E-state index contributed by atoms with van der Waals surface area (Å²) in [4.78, 5) is 4.51. The van der Waals surface area contributed by atoms with E-state index >= 15 is 0 Å². The van der Waals surface area contributed by atoms with E-state index in [1.807, 2.05) is 6.92 Å². The normalized spacial score (nSPS) is 30.4. The van der Waals surface area contributed by atoms with Gasteiger partial charge in [0, 0.05) is 19.3 Å². The molecule has 1 N–H and O–H groups in total. The van der Waals surface area contributed by atoms with E-state index in [9.17, 15) is 0 Å². The molecule has 0 amide bonds. The van der Waals surface area contributed by atoms with Gasteiger partial charge in [0.25, 0.3) is 0 Å². The van der Waals surface area contributed by atoms with Crippen molar-refractivity contribution in [2.45, 2.75) is 46.1 Å². The van der Waals surface area contributed by atoms with Crippen LogP contribution in [-0.2, 0) is 7.05 Å². The molecular formula is C13H23N3. The molecule has 16 heavy (non-hydrogen) atoms. The standard InChI is InChI=1S/C13H23N3/c1-9-5-10(2)7-12(6-9)15-13-14-11(3)8-16(13)4/h8-10,12H,5-7H2,1-4H3,(H,14,15). The molecule has 0 bridgehead atoms. The fourth-order valence-corrected chi connectivity index (χ4v) is 3.00. The second kappa shape index (κ2) is 4.48. The molecule has 3 nitrogen and oxygen atoms in total. The number of anilines is 1. The van der Waals surface area contributed by atoms with Gasteiger partial charge in [0.15, 0.2) is 0 Å². The molecule has 1 saturated carbocycles. The fraction of sp³-hybridized carbons (Fsp3) is 0.769. The lowest BCUT2D eigenvalue weighted by molar-refractivity contribution is 0.280. The molecule has 2 unspecified atom stereocenters. The molecule has 1 aromatic heterocycles. The van der Waals surface area contributed by atoms with Crippen LogP contribution in [0.15, 0.2) is 6.20 Å². The van der Waals surface area contributed by atoms with Crippen LogP contribution in [-0.4, -0.2) is 15.6 Å². The third-order valence-corrected chi connectivity index (χ3v) is 3.51. The Bertz CT molecular complexity index is 346. The van der Waals surface area contributed by atoms with Gasteiger partial charge in [0.1, 0.15) is 0 Å². The van der Waals surface area contributed by atoms with Gasteiger partial charge in [-0.2, -0.15) is 0 Å². The number of hydrogen-bond acceptors (Lipinski definition) is 2. The van der Waals surface area contributed by atoms with Gasteiger partial charge in [-0.25, -0.2) is 4.98 Å². The van der Waals surface area contributed by atoms with Crippen molar-refractivity contribution in [2.24, 2.45) is 18.9 Å². The first-order chi connectivity index (χ1) is 7.54. The predicted molar refractivity (Wildman–Crippen MR) is 67.5 cm³/mol. The van der Waals surface area contributed by atoms with Crippen molar-refractivity contribution < 1.29 is 0 Å². The quantitative estimate of drug-likeness (QED) is 0.832. The number of hydrogen-bond donors (Lipinski definition) is 1. The monoisotopic (exact) mass is 221 g/mol. The van der Waals surface area contributed by atoms with E-state index < -0.39 is 0 Å². The lowest BCUT2D eigenvalue weighted by Gasteiger charge is -2.32. The van der Waals surface area contributed by atoms with Gasteiger partial charge in [-0.3, -0.25) is 0 Å². The first-order valence-electron chi connectivity index (χ1n) is 6.31. The van der Waals surface area contributed by atoms with E-state index in [1.165, 1.54) is 19.3 Å². The zero-order chi connectivity index (χ0) is 11.7. The highest BCUT2D eigenvalue weighted by Gasteiger charge is 2.24. The highest BCUT2D eigenvalue weighted by Crippen LogP contribution is 2.30. The van der Waals surface area contributed by atoms with E-state index in [0.717, 1.165) is 23.5 Å². The van der Waals surface area contributed by atoms with Crippen LogP contribution in [0.3, 0.4) is 0 Å². The summed E-state index contributed by atoms with van der Waals surface area (Å²) in [5.74, 6) is 2.69. The lowest BCUT2D eigenvalue weighted by atomic mass is 9.80. The minimum atomic E-state index is 0.597. The molecule has 0 radical (unpaired) electrons. The Morgan fingerprint density at radius 1 is 1.25 bits per heavy atom. The van der Waals surface area contributed by atoms with Crippen molar-refractivity contribution >= 4 is 5.95 Å². The third-order valence-electron chi connectivity index (χ3n) is 3.51. The summed E-state index contributed by atoms with van der Waals surface area (Å²) >= 11 is 0. The fourth-order valence-electron chi connectivity index (χ4n) is 3.00. The zero-order valence-electron chi connectivity index (χ0n) is 10.8. The largest absolute Gasteiger partial charge is 0.353 e. The number of aromatic nitrogens is 2. The summed E-state index contributed by atoms with van der Waals surface area (Å²) in [6.07, 6.45) is 5.99. The van der Waals surface area contributed by atoms with Crippen molar-refractivity contribution in [1.82, 2.24) is 9.55 Å². The van der Waals surface area contributed by atoms with Crippen molar-refractivity contribution in [3.8, 4) is 0 Å². The zero-order valence-corrected chi connectivity index (χ0v) is 10.8. The maximum Gasteiger partial charge on any atom is 0.202 e. The van der Waals surface area contributed by atoms with Gasteiger partial charge >= 0.3 is 0 Å². The average Bonchev–Trinajstić information content (AvgIpc) is 2.43.